The smallest absolute Gasteiger partial charge is 0.250 e. The summed E-state index contributed by atoms with van der Waals surface area (Å²) in [6.45, 7) is 15.3. The molecule has 102 valence electrons. The Morgan fingerprint density at radius 3 is 1.72 bits per heavy atom. The molecule has 1 aromatic carbocycles. The van der Waals surface area contributed by atoms with Crippen molar-refractivity contribution in [2.24, 2.45) is 5.73 Å². The van der Waals surface area contributed by atoms with Crippen LogP contribution in [0.15, 0.2) is 24.3 Å². The SMILES string of the molecule is CC(C)(N)c1ccc(O[Si](C)(C)C(C)(C)C)cc1. The number of hydrogen-bond acceptors (Lipinski definition) is 2. The summed E-state index contributed by atoms with van der Waals surface area (Å²) < 4.78 is 6.23. The second-order valence-corrected chi connectivity index (χ2v) is 11.8. The first-order valence-corrected chi connectivity index (χ1v) is 9.43. The number of rotatable bonds is 3. The summed E-state index contributed by atoms with van der Waals surface area (Å²) in [5, 5.41) is 0.221. The van der Waals surface area contributed by atoms with Gasteiger partial charge in [-0.05, 0) is 49.7 Å². The Balaban J connectivity index is 2.89. The van der Waals surface area contributed by atoms with Crippen molar-refractivity contribution < 1.29 is 4.43 Å². The maximum Gasteiger partial charge on any atom is 0.250 e. The average Bonchev–Trinajstić information content (AvgIpc) is 2.14. The number of hydrogen-bond donors (Lipinski definition) is 1. The van der Waals surface area contributed by atoms with Crippen LogP contribution in [0.1, 0.15) is 40.2 Å². The molecule has 0 atom stereocenters. The van der Waals surface area contributed by atoms with Gasteiger partial charge in [-0.2, -0.15) is 0 Å². The van der Waals surface area contributed by atoms with Crippen LogP contribution in [0.5, 0.6) is 5.75 Å². The van der Waals surface area contributed by atoms with E-state index in [4.69, 9.17) is 10.2 Å². The molecule has 0 fully saturated rings. The Kier molecular flexibility index (Phi) is 3.99. The predicted molar refractivity (Wildman–Crippen MR) is 81.5 cm³/mol. The maximum atomic E-state index is 6.23. The van der Waals surface area contributed by atoms with Gasteiger partial charge in [0.05, 0.1) is 0 Å². The molecule has 2 nitrogen and oxygen atoms in total. The van der Waals surface area contributed by atoms with Crippen LogP contribution < -0.4 is 10.2 Å². The van der Waals surface area contributed by atoms with Gasteiger partial charge in [-0.25, -0.2) is 0 Å². The van der Waals surface area contributed by atoms with Crippen LogP contribution in [0.25, 0.3) is 0 Å². The molecule has 0 bridgehead atoms. The van der Waals surface area contributed by atoms with Crippen LogP contribution in [0.4, 0.5) is 0 Å². The van der Waals surface area contributed by atoms with E-state index in [0.29, 0.717) is 0 Å². The molecule has 0 amide bonds. The molecule has 0 aliphatic rings. The van der Waals surface area contributed by atoms with E-state index in [1.165, 1.54) is 0 Å². The highest BCUT2D eigenvalue weighted by molar-refractivity contribution is 6.74. The van der Waals surface area contributed by atoms with E-state index in [2.05, 4.69) is 46.0 Å². The van der Waals surface area contributed by atoms with Gasteiger partial charge in [-0.15, -0.1) is 0 Å². The summed E-state index contributed by atoms with van der Waals surface area (Å²) in [6, 6.07) is 8.18. The standard InChI is InChI=1S/C15H27NOSi/c1-14(2,3)18(6,7)17-13-10-8-12(9-11-13)15(4,5)16/h8-11H,16H2,1-7H3. The topological polar surface area (TPSA) is 35.2 Å². The molecule has 1 rings (SSSR count). The van der Waals surface area contributed by atoms with Crippen LogP contribution in [0.3, 0.4) is 0 Å². The molecule has 0 aliphatic heterocycles. The highest BCUT2D eigenvalue weighted by Gasteiger charge is 2.38. The second-order valence-electron chi connectivity index (χ2n) is 7.11. The highest BCUT2D eigenvalue weighted by atomic mass is 28.4. The maximum absolute atomic E-state index is 6.23. The lowest BCUT2D eigenvalue weighted by molar-refractivity contribution is 0.490. The molecule has 18 heavy (non-hydrogen) atoms. The molecule has 0 heterocycles. The Morgan fingerprint density at radius 1 is 0.944 bits per heavy atom. The fraction of sp³-hybridized carbons (Fsp3) is 0.600. The first-order chi connectivity index (χ1) is 7.93. The summed E-state index contributed by atoms with van der Waals surface area (Å²) in [7, 11) is -1.74. The fourth-order valence-corrected chi connectivity index (χ4v) is 2.43. The molecule has 0 unspecified atom stereocenters. The normalized spacial score (nSPS) is 13.6. The summed E-state index contributed by atoms with van der Waals surface area (Å²) >= 11 is 0. The van der Waals surface area contributed by atoms with Crippen molar-refractivity contribution in [2.75, 3.05) is 0 Å². The van der Waals surface area contributed by atoms with Gasteiger partial charge in [0.15, 0.2) is 0 Å². The van der Waals surface area contributed by atoms with Crippen molar-refractivity contribution in [3.8, 4) is 5.75 Å². The van der Waals surface area contributed by atoms with Gasteiger partial charge < -0.3 is 10.2 Å². The van der Waals surface area contributed by atoms with Crippen LogP contribution >= 0.6 is 0 Å². The third-order valence-corrected chi connectivity index (χ3v) is 8.14. The lowest BCUT2D eigenvalue weighted by Crippen LogP contribution is -2.43. The minimum absolute atomic E-state index is 0.221. The van der Waals surface area contributed by atoms with E-state index in [1.807, 2.05) is 26.0 Å². The molecule has 0 radical (unpaired) electrons. The van der Waals surface area contributed by atoms with Crippen molar-refractivity contribution in [1.82, 2.24) is 0 Å². The van der Waals surface area contributed by atoms with Gasteiger partial charge in [0.25, 0.3) is 0 Å². The molecule has 2 N–H and O–H groups in total. The molecule has 0 saturated heterocycles. The molecule has 1 aromatic rings. The monoisotopic (exact) mass is 265 g/mol. The quantitative estimate of drug-likeness (QED) is 0.829. The Morgan fingerprint density at radius 2 is 1.39 bits per heavy atom. The molecular formula is C15H27NOSi. The summed E-state index contributed by atoms with van der Waals surface area (Å²) in [6.07, 6.45) is 0. The van der Waals surface area contributed by atoms with Crippen molar-refractivity contribution >= 4 is 8.32 Å². The zero-order valence-electron chi connectivity index (χ0n) is 12.8. The van der Waals surface area contributed by atoms with Gasteiger partial charge >= 0.3 is 0 Å². The zero-order valence-corrected chi connectivity index (χ0v) is 13.8. The Labute approximate surface area is 113 Å². The lowest BCUT2D eigenvalue weighted by Gasteiger charge is -2.36. The third kappa shape index (κ3) is 3.59. The predicted octanol–water partition coefficient (Wildman–Crippen LogP) is 4.26. The van der Waals surface area contributed by atoms with E-state index in [9.17, 15) is 0 Å². The van der Waals surface area contributed by atoms with Gasteiger partial charge in [-0.1, -0.05) is 32.9 Å². The fourth-order valence-electron chi connectivity index (χ4n) is 1.40. The van der Waals surface area contributed by atoms with Gasteiger partial charge in [-0.3, -0.25) is 0 Å². The summed E-state index contributed by atoms with van der Waals surface area (Å²) in [5.41, 5.74) is 6.90. The Bertz CT molecular complexity index is 396. The van der Waals surface area contributed by atoms with Gasteiger partial charge in [0, 0.05) is 5.54 Å². The largest absolute Gasteiger partial charge is 0.544 e. The number of nitrogens with two attached hydrogens (primary N) is 1. The second kappa shape index (κ2) is 4.70. The minimum Gasteiger partial charge on any atom is -0.544 e. The van der Waals surface area contributed by atoms with Crippen molar-refractivity contribution in [1.29, 1.82) is 0 Å². The highest BCUT2D eigenvalue weighted by Crippen LogP contribution is 2.37. The first kappa shape index (κ1) is 15.3. The Hall–Kier alpha value is -0.803. The third-order valence-electron chi connectivity index (χ3n) is 3.78. The van der Waals surface area contributed by atoms with Crippen molar-refractivity contribution in [3.05, 3.63) is 29.8 Å². The van der Waals surface area contributed by atoms with Gasteiger partial charge in [0.1, 0.15) is 5.75 Å². The van der Waals surface area contributed by atoms with Crippen LogP contribution in [-0.4, -0.2) is 8.32 Å². The van der Waals surface area contributed by atoms with Crippen LogP contribution in [0, 0.1) is 0 Å². The van der Waals surface area contributed by atoms with E-state index in [-0.39, 0.29) is 10.6 Å². The van der Waals surface area contributed by atoms with E-state index < -0.39 is 8.32 Å². The van der Waals surface area contributed by atoms with Gasteiger partial charge in [0.2, 0.25) is 8.32 Å². The summed E-state index contributed by atoms with van der Waals surface area (Å²) in [5.74, 6) is 0.953. The molecular weight excluding hydrogens is 238 g/mol. The molecule has 0 aromatic heterocycles. The van der Waals surface area contributed by atoms with Crippen LogP contribution in [0.2, 0.25) is 18.1 Å². The minimum atomic E-state index is -1.74. The molecule has 3 heteroatoms. The zero-order chi connectivity index (χ0) is 14.2. The molecule has 0 saturated carbocycles. The molecule has 0 aliphatic carbocycles. The van der Waals surface area contributed by atoms with E-state index >= 15 is 0 Å². The molecule has 0 spiro atoms. The first-order valence-electron chi connectivity index (χ1n) is 6.52. The number of benzene rings is 1. The van der Waals surface area contributed by atoms with Crippen LogP contribution in [-0.2, 0) is 5.54 Å². The van der Waals surface area contributed by atoms with E-state index in [1.54, 1.807) is 0 Å². The van der Waals surface area contributed by atoms with Crippen molar-refractivity contribution in [2.45, 2.75) is 58.3 Å². The average molecular weight is 265 g/mol. The lowest BCUT2D eigenvalue weighted by atomic mass is 9.96. The summed E-state index contributed by atoms with van der Waals surface area (Å²) in [4.78, 5) is 0. The van der Waals surface area contributed by atoms with E-state index in [0.717, 1.165) is 11.3 Å². The van der Waals surface area contributed by atoms with Crippen molar-refractivity contribution in [3.63, 3.8) is 0 Å².